The number of hydrogen-bond donors (Lipinski definition) is 0. The van der Waals surface area contributed by atoms with Gasteiger partial charge in [0, 0.05) is 36.9 Å². The molecule has 1 fully saturated rings. The molecule has 0 aliphatic carbocycles. The van der Waals surface area contributed by atoms with E-state index in [2.05, 4.69) is 27.1 Å². The molecule has 0 spiro atoms. The van der Waals surface area contributed by atoms with E-state index in [-0.39, 0.29) is 0 Å². The number of nitrogens with zero attached hydrogens (tertiary/aromatic N) is 4. The maximum Gasteiger partial charge on any atom is 0.145 e. The summed E-state index contributed by atoms with van der Waals surface area (Å²) in [6.45, 7) is 3.14. The molecule has 0 atom stereocenters. The van der Waals surface area contributed by atoms with Crippen molar-refractivity contribution in [2.75, 3.05) is 31.2 Å². The molecule has 5 nitrogen and oxygen atoms in total. The molecule has 2 aromatic heterocycles. The Kier molecular flexibility index (Phi) is 3.67. The van der Waals surface area contributed by atoms with Crippen LogP contribution in [0, 0.1) is 0 Å². The maximum atomic E-state index is 6.18. The highest BCUT2D eigenvalue weighted by Gasteiger charge is 2.20. The first kappa shape index (κ1) is 14.5. The Morgan fingerprint density at radius 2 is 2.00 bits per heavy atom. The predicted octanol–water partition coefficient (Wildman–Crippen LogP) is 3.13. The molecule has 4 rings (SSSR count). The highest BCUT2D eigenvalue weighted by molar-refractivity contribution is 6.31. The molecule has 3 heterocycles. The normalized spacial score (nSPS) is 15.3. The number of aryl methyl sites for hydroxylation is 1. The monoisotopic (exact) mass is 328 g/mol. The third kappa shape index (κ3) is 2.56. The van der Waals surface area contributed by atoms with Crippen molar-refractivity contribution < 1.29 is 4.74 Å². The van der Waals surface area contributed by atoms with E-state index < -0.39 is 0 Å². The van der Waals surface area contributed by atoms with Gasteiger partial charge in [0.25, 0.3) is 0 Å². The topological polar surface area (TPSA) is 43.2 Å². The molecule has 0 N–H and O–H groups in total. The number of ether oxygens (including phenoxy) is 1. The van der Waals surface area contributed by atoms with Crippen LogP contribution in [0.15, 0.2) is 36.8 Å². The van der Waals surface area contributed by atoms with E-state index in [9.17, 15) is 0 Å². The average molecular weight is 329 g/mol. The number of aromatic nitrogens is 3. The lowest BCUT2D eigenvalue weighted by Gasteiger charge is -2.28. The molecule has 1 saturated heterocycles. The number of anilines is 1. The fourth-order valence-corrected chi connectivity index (χ4v) is 3.28. The molecule has 0 amide bonds. The van der Waals surface area contributed by atoms with E-state index in [0.29, 0.717) is 0 Å². The van der Waals surface area contributed by atoms with Gasteiger partial charge in [0.05, 0.1) is 18.6 Å². The smallest absolute Gasteiger partial charge is 0.145 e. The van der Waals surface area contributed by atoms with Crippen LogP contribution in [0.1, 0.15) is 0 Å². The third-order valence-corrected chi connectivity index (χ3v) is 4.41. The van der Waals surface area contributed by atoms with Gasteiger partial charge in [-0.3, -0.25) is 0 Å². The van der Waals surface area contributed by atoms with Gasteiger partial charge in [0.2, 0.25) is 0 Å². The van der Waals surface area contributed by atoms with Gasteiger partial charge in [-0.1, -0.05) is 23.7 Å². The second-order valence-electron chi connectivity index (χ2n) is 5.66. The summed E-state index contributed by atoms with van der Waals surface area (Å²) >= 11 is 6.18. The van der Waals surface area contributed by atoms with Gasteiger partial charge in [-0.25, -0.2) is 9.97 Å². The Labute approximate surface area is 139 Å². The molecular formula is C17H17ClN4O. The van der Waals surface area contributed by atoms with Crippen molar-refractivity contribution in [2.24, 2.45) is 7.05 Å². The summed E-state index contributed by atoms with van der Waals surface area (Å²) in [4.78, 5) is 11.3. The van der Waals surface area contributed by atoms with Gasteiger partial charge < -0.3 is 14.2 Å². The summed E-state index contributed by atoms with van der Waals surface area (Å²) in [6.07, 6.45) is 3.73. The predicted molar refractivity (Wildman–Crippen MR) is 92.0 cm³/mol. The standard InChI is InChI=1S/C17H17ClN4O/c1-21-10-14(12-3-2-4-13(18)9-12)15-16(21)19-11-20-17(15)22-5-7-23-8-6-22/h2-4,9-11H,5-8H2,1H3. The van der Waals surface area contributed by atoms with Crippen LogP contribution in [-0.4, -0.2) is 40.8 Å². The summed E-state index contributed by atoms with van der Waals surface area (Å²) in [7, 11) is 2.01. The Bertz CT molecular complexity index is 855. The van der Waals surface area contributed by atoms with E-state index >= 15 is 0 Å². The highest BCUT2D eigenvalue weighted by atomic mass is 35.5. The minimum atomic E-state index is 0.726. The number of rotatable bonds is 2. The molecule has 1 aliphatic heterocycles. The number of halogens is 1. The van der Waals surface area contributed by atoms with Crippen molar-refractivity contribution in [2.45, 2.75) is 0 Å². The molecule has 3 aromatic rings. The Morgan fingerprint density at radius 3 is 2.78 bits per heavy atom. The van der Waals surface area contributed by atoms with Crippen molar-refractivity contribution in [1.29, 1.82) is 0 Å². The van der Waals surface area contributed by atoms with Gasteiger partial charge >= 0.3 is 0 Å². The quantitative estimate of drug-likeness (QED) is 0.725. The summed E-state index contributed by atoms with van der Waals surface area (Å²) in [6, 6.07) is 7.90. The zero-order chi connectivity index (χ0) is 15.8. The molecule has 1 aromatic carbocycles. The van der Waals surface area contributed by atoms with Gasteiger partial charge in [0.1, 0.15) is 17.8 Å². The Morgan fingerprint density at radius 1 is 1.17 bits per heavy atom. The highest BCUT2D eigenvalue weighted by Crippen LogP contribution is 2.35. The molecule has 0 radical (unpaired) electrons. The molecule has 118 valence electrons. The lowest BCUT2D eigenvalue weighted by atomic mass is 10.1. The van der Waals surface area contributed by atoms with Gasteiger partial charge in [-0.05, 0) is 17.7 Å². The van der Waals surface area contributed by atoms with Crippen LogP contribution in [0.4, 0.5) is 5.82 Å². The first-order valence-corrected chi connectivity index (χ1v) is 8.00. The first-order chi connectivity index (χ1) is 11.2. The number of morpholine rings is 1. The van der Waals surface area contributed by atoms with Crippen LogP contribution in [-0.2, 0) is 11.8 Å². The fourth-order valence-electron chi connectivity index (χ4n) is 3.08. The minimum Gasteiger partial charge on any atom is -0.378 e. The van der Waals surface area contributed by atoms with Crippen molar-refractivity contribution in [3.8, 4) is 11.1 Å². The third-order valence-electron chi connectivity index (χ3n) is 4.18. The molecule has 6 heteroatoms. The molecular weight excluding hydrogens is 312 g/mol. The summed E-state index contributed by atoms with van der Waals surface area (Å²) < 4.78 is 7.50. The van der Waals surface area contributed by atoms with E-state index in [1.165, 1.54) is 0 Å². The summed E-state index contributed by atoms with van der Waals surface area (Å²) in [5, 5.41) is 1.79. The zero-order valence-electron chi connectivity index (χ0n) is 12.9. The Balaban J connectivity index is 1.94. The SMILES string of the molecule is Cn1cc(-c2cccc(Cl)c2)c2c(N3CCOCC3)ncnc21. The lowest BCUT2D eigenvalue weighted by Crippen LogP contribution is -2.36. The molecule has 23 heavy (non-hydrogen) atoms. The summed E-state index contributed by atoms with van der Waals surface area (Å²) in [5.41, 5.74) is 3.11. The molecule has 1 aliphatic rings. The zero-order valence-corrected chi connectivity index (χ0v) is 13.6. The van der Waals surface area contributed by atoms with Crippen LogP contribution in [0.3, 0.4) is 0 Å². The largest absolute Gasteiger partial charge is 0.378 e. The second kappa shape index (κ2) is 5.83. The van der Waals surface area contributed by atoms with Crippen LogP contribution in [0.5, 0.6) is 0 Å². The molecule has 0 bridgehead atoms. The van der Waals surface area contributed by atoms with Crippen molar-refractivity contribution >= 4 is 28.5 Å². The van der Waals surface area contributed by atoms with Gasteiger partial charge in [-0.2, -0.15) is 0 Å². The maximum absolute atomic E-state index is 6.18. The number of benzene rings is 1. The lowest BCUT2D eigenvalue weighted by molar-refractivity contribution is 0.122. The van der Waals surface area contributed by atoms with E-state index in [4.69, 9.17) is 16.3 Å². The van der Waals surface area contributed by atoms with Crippen LogP contribution < -0.4 is 4.90 Å². The minimum absolute atomic E-state index is 0.726. The Hall–Kier alpha value is -2.11. The number of hydrogen-bond acceptors (Lipinski definition) is 4. The number of fused-ring (bicyclic) bond motifs is 1. The molecule has 0 saturated carbocycles. The average Bonchev–Trinajstić information content (AvgIpc) is 2.93. The molecule has 0 unspecified atom stereocenters. The van der Waals surface area contributed by atoms with Gasteiger partial charge in [-0.15, -0.1) is 0 Å². The second-order valence-corrected chi connectivity index (χ2v) is 6.10. The van der Waals surface area contributed by atoms with Gasteiger partial charge in [0.15, 0.2) is 0 Å². The van der Waals surface area contributed by atoms with E-state index in [1.54, 1.807) is 6.33 Å². The van der Waals surface area contributed by atoms with Crippen LogP contribution in [0.2, 0.25) is 5.02 Å². The van der Waals surface area contributed by atoms with Crippen molar-refractivity contribution in [3.63, 3.8) is 0 Å². The van der Waals surface area contributed by atoms with Crippen molar-refractivity contribution in [1.82, 2.24) is 14.5 Å². The summed E-state index contributed by atoms with van der Waals surface area (Å²) in [5.74, 6) is 0.967. The van der Waals surface area contributed by atoms with Crippen molar-refractivity contribution in [3.05, 3.63) is 41.8 Å². The van der Waals surface area contributed by atoms with E-state index in [1.807, 2.05) is 29.8 Å². The van der Waals surface area contributed by atoms with E-state index in [0.717, 1.165) is 59.3 Å². The van der Waals surface area contributed by atoms with Crippen LogP contribution >= 0.6 is 11.6 Å². The fraction of sp³-hybridized carbons (Fsp3) is 0.294. The first-order valence-electron chi connectivity index (χ1n) is 7.63. The van der Waals surface area contributed by atoms with Crippen LogP contribution in [0.25, 0.3) is 22.2 Å².